The second kappa shape index (κ2) is 5.80. The maximum absolute atomic E-state index is 13.3. The highest BCUT2D eigenvalue weighted by Crippen LogP contribution is 2.53. The van der Waals surface area contributed by atoms with E-state index in [1.54, 1.807) is 0 Å². The summed E-state index contributed by atoms with van der Waals surface area (Å²) in [4.78, 5) is 0. The normalized spacial score (nSPS) is 19.5. The van der Waals surface area contributed by atoms with Gasteiger partial charge in [0.2, 0.25) is 0 Å². The van der Waals surface area contributed by atoms with Crippen molar-refractivity contribution in [3.05, 3.63) is 35.4 Å². The minimum atomic E-state index is -6.04. The maximum atomic E-state index is 13.3. The van der Waals surface area contributed by atoms with Gasteiger partial charge in [0.15, 0.2) is 0 Å². The third-order valence-corrected chi connectivity index (χ3v) is 3.28. The largest absolute Gasteiger partial charge is 0.430 e. The van der Waals surface area contributed by atoms with Gasteiger partial charge in [-0.15, -0.1) is 0 Å². The monoisotopic (exact) mass is 368 g/mol. The molecule has 11 heteroatoms. The summed E-state index contributed by atoms with van der Waals surface area (Å²) in [5, 5.41) is 0. The van der Waals surface area contributed by atoms with Crippen molar-refractivity contribution in [1.29, 1.82) is 0 Å². The topological polar surface area (TPSA) is 21.8 Å². The van der Waals surface area contributed by atoms with Crippen LogP contribution in [0.1, 0.15) is 11.1 Å². The fourth-order valence-corrected chi connectivity index (χ4v) is 2.03. The van der Waals surface area contributed by atoms with Crippen LogP contribution in [0.2, 0.25) is 0 Å². The number of hydrogen-bond acceptors (Lipinski definition) is 2. The molecule has 1 atom stereocenters. The summed E-state index contributed by atoms with van der Waals surface area (Å²) in [5.74, 6) is 0. The number of rotatable bonds is 4. The molecule has 1 unspecified atom stereocenters. The lowest BCUT2D eigenvalue weighted by Crippen LogP contribution is -2.56. The Labute approximate surface area is 129 Å². The molecule has 0 radical (unpaired) electrons. The molecule has 2 nitrogen and oxygen atoms in total. The van der Waals surface area contributed by atoms with Crippen molar-refractivity contribution < 1.29 is 49.0 Å². The van der Waals surface area contributed by atoms with E-state index in [9.17, 15) is 39.5 Å². The molecular formula is C13H9F9O2. The van der Waals surface area contributed by atoms with Crippen LogP contribution in [0.25, 0.3) is 0 Å². The second-order valence-corrected chi connectivity index (χ2v) is 5.02. The van der Waals surface area contributed by atoms with E-state index in [4.69, 9.17) is 0 Å². The molecule has 0 aromatic heterocycles. The van der Waals surface area contributed by atoms with Gasteiger partial charge in [-0.3, -0.25) is 0 Å². The molecule has 1 aliphatic heterocycles. The van der Waals surface area contributed by atoms with E-state index < -0.39 is 48.0 Å². The first-order chi connectivity index (χ1) is 10.8. The van der Waals surface area contributed by atoms with Crippen LogP contribution in [0.3, 0.4) is 0 Å². The number of epoxide rings is 1. The van der Waals surface area contributed by atoms with Gasteiger partial charge in [-0.25, -0.2) is 0 Å². The minimum absolute atomic E-state index is 0.0889. The quantitative estimate of drug-likeness (QED) is 0.579. The molecule has 136 valence electrons. The lowest BCUT2D eigenvalue weighted by Gasteiger charge is -2.37. The summed E-state index contributed by atoms with van der Waals surface area (Å²) in [6, 6.07) is 0.908. The van der Waals surface area contributed by atoms with E-state index in [2.05, 4.69) is 9.47 Å². The fourth-order valence-electron chi connectivity index (χ4n) is 2.03. The average molecular weight is 368 g/mol. The molecule has 0 aliphatic carbocycles. The van der Waals surface area contributed by atoms with Crippen LogP contribution in [0.15, 0.2) is 24.3 Å². The summed E-state index contributed by atoms with van der Waals surface area (Å²) in [6.07, 6.45) is -18.1. The highest BCUT2D eigenvalue weighted by molar-refractivity contribution is 5.33. The first-order valence-electron chi connectivity index (χ1n) is 6.36. The van der Waals surface area contributed by atoms with Gasteiger partial charge in [0.1, 0.15) is 6.10 Å². The predicted octanol–water partition coefficient (Wildman–Crippen LogP) is 4.44. The molecule has 1 aliphatic rings. The van der Waals surface area contributed by atoms with Gasteiger partial charge in [-0.1, -0.05) is 12.1 Å². The summed E-state index contributed by atoms with van der Waals surface area (Å²) >= 11 is 0. The summed E-state index contributed by atoms with van der Waals surface area (Å²) in [6.45, 7) is -1.15. The number of benzene rings is 1. The Morgan fingerprint density at radius 1 is 0.917 bits per heavy atom. The lowest BCUT2D eigenvalue weighted by molar-refractivity contribution is -0.390. The third-order valence-electron chi connectivity index (χ3n) is 3.28. The van der Waals surface area contributed by atoms with Gasteiger partial charge < -0.3 is 9.47 Å². The van der Waals surface area contributed by atoms with Crippen molar-refractivity contribution >= 4 is 0 Å². The van der Waals surface area contributed by atoms with Crippen LogP contribution in [0.5, 0.6) is 0 Å². The first kappa shape index (κ1) is 18.8. The summed E-state index contributed by atoms with van der Waals surface area (Å²) < 4.78 is 126. The summed E-state index contributed by atoms with van der Waals surface area (Å²) in [5.41, 5.74) is -8.23. The van der Waals surface area contributed by atoms with Crippen LogP contribution in [0, 0.1) is 0 Å². The van der Waals surface area contributed by atoms with Crippen LogP contribution >= 0.6 is 0 Å². The molecule has 2 rings (SSSR count). The van der Waals surface area contributed by atoms with Crippen LogP contribution in [-0.2, 0) is 21.3 Å². The van der Waals surface area contributed by atoms with E-state index in [0.717, 1.165) is 0 Å². The predicted molar refractivity (Wildman–Crippen MR) is 60.9 cm³/mol. The Hall–Kier alpha value is -1.49. The highest BCUT2D eigenvalue weighted by atomic mass is 19.4. The molecule has 0 saturated carbocycles. The van der Waals surface area contributed by atoms with E-state index >= 15 is 0 Å². The molecule has 1 saturated heterocycles. The van der Waals surface area contributed by atoms with E-state index in [1.807, 2.05) is 0 Å². The Balaban J connectivity index is 2.59. The van der Waals surface area contributed by atoms with Gasteiger partial charge in [0, 0.05) is 5.56 Å². The van der Waals surface area contributed by atoms with Crippen molar-refractivity contribution in [2.45, 2.75) is 30.2 Å². The maximum Gasteiger partial charge on any atom is 0.430 e. The molecule has 0 N–H and O–H groups in total. The van der Waals surface area contributed by atoms with Crippen molar-refractivity contribution in [2.24, 2.45) is 0 Å². The first-order valence-corrected chi connectivity index (χ1v) is 6.36. The molecule has 0 amide bonds. The zero-order valence-corrected chi connectivity index (χ0v) is 11.5. The molecular weight excluding hydrogens is 359 g/mol. The molecule has 1 heterocycles. The van der Waals surface area contributed by atoms with Crippen LogP contribution < -0.4 is 0 Å². The molecule has 1 aromatic rings. The Morgan fingerprint density at radius 2 is 1.42 bits per heavy atom. The molecule has 1 aromatic carbocycles. The zero-order valence-electron chi connectivity index (χ0n) is 11.5. The number of halogens is 9. The minimum Gasteiger partial charge on any atom is -0.371 e. The standard InChI is InChI=1S/C13H9F9O2/c14-11(15,16)8-3-1-2-7(4-8)10(12(17,18)19,13(20,21)22)24-6-9-5-23-9/h1-4,9H,5-6H2. The number of ether oxygens (including phenoxy) is 2. The SMILES string of the molecule is FC(F)(F)c1cccc(C(OCC2CO2)(C(F)(F)F)C(F)(F)F)c1. The van der Waals surface area contributed by atoms with Gasteiger partial charge in [0.25, 0.3) is 5.60 Å². The highest BCUT2D eigenvalue weighted by Gasteiger charge is 2.73. The molecule has 24 heavy (non-hydrogen) atoms. The van der Waals surface area contributed by atoms with Crippen LogP contribution in [-0.4, -0.2) is 31.7 Å². The summed E-state index contributed by atoms with van der Waals surface area (Å²) in [7, 11) is 0. The van der Waals surface area contributed by atoms with Gasteiger partial charge in [-0.05, 0) is 12.1 Å². The number of alkyl halides is 9. The van der Waals surface area contributed by atoms with Crippen molar-refractivity contribution in [3.8, 4) is 0 Å². The Kier molecular flexibility index (Phi) is 4.55. The van der Waals surface area contributed by atoms with Crippen LogP contribution in [0.4, 0.5) is 39.5 Å². The smallest absolute Gasteiger partial charge is 0.371 e. The van der Waals surface area contributed by atoms with Gasteiger partial charge >= 0.3 is 18.5 Å². The lowest BCUT2D eigenvalue weighted by atomic mass is 9.90. The van der Waals surface area contributed by atoms with E-state index in [-0.39, 0.29) is 12.7 Å². The third kappa shape index (κ3) is 3.46. The Morgan fingerprint density at radius 3 is 1.83 bits per heavy atom. The number of hydrogen-bond donors (Lipinski definition) is 0. The molecule has 0 bridgehead atoms. The van der Waals surface area contributed by atoms with E-state index in [0.29, 0.717) is 18.2 Å². The average Bonchev–Trinajstić information content (AvgIpc) is 3.19. The fraction of sp³-hybridized carbons (Fsp3) is 0.538. The van der Waals surface area contributed by atoms with Crippen molar-refractivity contribution in [3.63, 3.8) is 0 Å². The van der Waals surface area contributed by atoms with Crippen molar-refractivity contribution in [1.82, 2.24) is 0 Å². The van der Waals surface area contributed by atoms with Gasteiger partial charge in [-0.2, -0.15) is 39.5 Å². The van der Waals surface area contributed by atoms with Gasteiger partial charge in [0.05, 0.1) is 18.8 Å². The van der Waals surface area contributed by atoms with Crippen molar-refractivity contribution in [2.75, 3.05) is 13.2 Å². The Bertz CT molecular complexity index is 570. The van der Waals surface area contributed by atoms with E-state index in [1.165, 1.54) is 0 Å². The second-order valence-electron chi connectivity index (χ2n) is 5.02. The molecule has 0 spiro atoms. The molecule has 1 fully saturated rings. The zero-order chi connectivity index (χ0) is 18.4.